The second kappa shape index (κ2) is 8.84. The Morgan fingerprint density at radius 1 is 1.04 bits per heavy atom. The number of methoxy groups -OCH3 is 2. The molecule has 1 aromatic carbocycles. The van der Waals surface area contributed by atoms with Crippen LogP contribution in [0.3, 0.4) is 0 Å². The summed E-state index contributed by atoms with van der Waals surface area (Å²) in [6.45, 7) is 0. The van der Waals surface area contributed by atoms with Gasteiger partial charge in [-0.2, -0.15) is 0 Å². The van der Waals surface area contributed by atoms with Crippen molar-refractivity contribution in [2.24, 2.45) is 0 Å². The van der Waals surface area contributed by atoms with Crippen molar-refractivity contribution >= 4 is 23.5 Å². The van der Waals surface area contributed by atoms with E-state index in [1.807, 2.05) is 6.07 Å². The van der Waals surface area contributed by atoms with Gasteiger partial charge in [-0.05, 0) is 29.8 Å². The first kappa shape index (κ1) is 20.0. The molecule has 142 valence electrons. The van der Waals surface area contributed by atoms with Gasteiger partial charge in [-0.15, -0.1) is 0 Å². The average molecular weight is 370 g/mol. The van der Waals surface area contributed by atoms with Crippen LogP contribution in [0.25, 0.3) is 0 Å². The molecule has 0 fully saturated rings. The maximum absolute atomic E-state index is 12.4. The second-order valence-corrected chi connectivity index (χ2v) is 5.95. The van der Waals surface area contributed by atoms with E-state index in [0.717, 1.165) is 5.56 Å². The summed E-state index contributed by atoms with van der Waals surface area (Å²) in [5.74, 6) is -1.38. The zero-order valence-electron chi connectivity index (χ0n) is 15.8. The molecule has 1 heterocycles. The summed E-state index contributed by atoms with van der Waals surface area (Å²) in [5, 5.41) is 0. The Bertz CT molecular complexity index is 837. The zero-order chi connectivity index (χ0) is 20.0. The number of hydrogen-bond acceptors (Lipinski definition) is 6. The number of rotatable bonds is 5. The number of hydrogen-bond donors (Lipinski definition) is 0. The smallest absolute Gasteiger partial charge is 0.355 e. The number of amides is 1. The lowest BCUT2D eigenvalue weighted by molar-refractivity contribution is -0.139. The quantitative estimate of drug-likeness (QED) is 0.736. The Morgan fingerprint density at radius 2 is 1.74 bits per heavy atom. The molecule has 0 bridgehead atoms. The minimum atomic E-state index is -0.679. The number of anilines is 1. The first-order valence-corrected chi connectivity index (χ1v) is 8.23. The fourth-order valence-corrected chi connectivity index (χ4v) is 2.51. The molecule has 0 N–H and O–H groups in total. The number of likely N-dealkylation sites (N-methyl/N-ethyl adjacent to an activating group) is 1. The van der Waals surface area contributed by atoms with E-state index in [0.29, 0.717) is 5.69 Å². The molecular formula is C20H22N2O5. The molecular weight excluding hydrogens is 348 g/mol. The van der Waals surface area contributed by atoms with Crippen molar-refractivity contribution in [3.8, 4) is 0 Å². The van der Waals surface area contributed by atoms with E-state index in [1.165, 1.54) is 25.2 Å². The first-order chi connectivity index (χ1) is 12.9. The van der Waals surface area contributed by atoms with Gasteiger partial charge in [0.25, 0.3) is 0 Å². The maximum atomic E-state index is 12.4. The van der Waals surface area contributed by atoms with Gasteiger partial charge < -0.3 is 19.3 Å². The minimum Gasteiger partial charge on any atom is -0.465 e. The standard InChI is InChI=1S/C20H22N2O5/c1-21(2)17(23)13-14-8-7-9-15(12-14)22-11-6-5-10-16(19(24)26-3)18(22)20(25)27-4/h5-12H,13H2,1-4H3. The third-order valence-electron chi connectivity index (χ3n) is 3.93. The number of carbonyl (C=O) groups excluding carboxylic acids is 3. The summed E-state index contributed by atoms with van der Waals surface area (Å²) in [4.78, 5) is 39.7. The van der Waals surface area contributed by atoms with Gasteiger partial charge in [0.15, 0.2) is 0 Å². The van der Waals surface area contributed by atoms with Crippen LogP contribution in [0.5, 0.6) is 0 Å². The Morgan fingerprint density at radius 3 is 2.37 bits per heavy atom. The molecule has 1 aromatic rings. The van der Waals surface area contributed by atoms with Crippen molar-refractivity contribution in [3.05, 3.63) is 65.5 Å². The van der Waals surface area contributed by atoms with Crippen LogP contribution in [0.2, 0.25) is 0 Å². The molecule has 1 aliphatic rings. The van der Waals surface area contributed by atoms with Crippen LogP contribution in [0.15, 0.2) is 60.0 Å². The molecule has 7 heteroatoms. The molecule has 27 heavy (non-hydrogen) atoms. The summed E-state index contributed by atoms with van der Waals surface area (Å²) >= 11 is 0. The zero-order valence-corrected chi connectivity index (χ0v) is 15.8. The number of esters is 2. The van der Waals surface area contributed by atoms with Gasteiger partial charge in [-0.1, -0.05) is 18.2 Å². The fraction of sp³-hybridized carbons (Fsp3) is 0.250. The van der Waals surface area contributed by atoms with Gasteiger partial charge in [-0.25, -0.2) is 9.59 Å². The van der Waals surface area contributed by atoms with Gasteiger partial charge in [0.1, 0.15) is 5.70 Å². The van der Waals surface area contributed by atoms with E-state index in [1.54, 1.807) is 55.5 Å². The third-order valence-corrected chi connectivity index (χ3v) is 3.93. The third kappa shape index (κ3) is 4.63. The number of benzene rings is 1. The van der Waals surface area contributed by atoms with Crippen molar-refractivity contribution in [3.63, 3.8) is 0 Å². The molecule has 0 saturated heterocycles. The normalized spacial score (nSPS) is 13.3. The summed E-state index contributed by atoms with van der Waals surface area (Å²) < 4.78 is 9.67. The molecule has 0 radical (unpaired) electrons. The van der Waals surface area contributed by atoms with Crippen LogP contribution in [-0.4, -0.2) is 51.1 Å². The Labute approximate surface area is 158 Å². The highest BCUT2D eigenvalue weighted by Gasteiger charge is 2.27. The van der Waals surface area contributed by atoms with Crippen molar-refractivity contribution in [1.29, 1.82) is 0 Å². The van der Waals surface area contributed by atoms with Gasteiger partial charge in [0.05, 0.1) is 26.2 Å². The van der Waals surface area contributed by atoms with Crippen LogP contribution < -0.4 is 4.90 Å². The van der Waals surface area contributed by atoms with Gasteiger partial charge in [-0.3, -0.25) is 4.79 Å². The van der Waals surface area contributed by atoms with Gasteiger partial charge in [0.2, 0.25) is 5.91 Å². The van der Waals surface area contributed by atoms with Crippen molar-refractivity contribution < 1.29 is 23.9 Å². The van der Waals surface area contributed by atoms with Crippen LogP contribution in [0, 0.1) is 0 Å². The highest BCUT2D eigenvalue weighted by molar-refractivity contribution is 6.05. The summed E-state index contributed by atoms with van der Waals surface area (Å²) in [7, 11) is 5.87. The Hall–Kier alpha value is -3.35. The molecule has 7 nitrogen and oxygen atoms in total. The topological polar surface area (TPSA) is 76.2 Å². The van der Waals surface area contributed by atoms with E-state index in [9.17, 15) is 14.4 Å². The van der Waals surface area contributed by atoms with Crippen LogP contribution in [-0.2, 0) is 30.3 Å². The molecule has 0 aliphatic carbocycles. The van der Waals surface area contributed by atoms with Crippen molar-refractivity contribution in [2.45, 2.75) is 6.42 Å². The lowest BCUT2D eigenvalue weighted by atomic mass is 10.1. The molecule has 0 saturated carbocycles. The van der Waals surface area contributed by atoms with Crippen LogP contribution in [0.4, 0.5) is 5.69 Å². The molecule has 1 amide bonds. The summed E-state index contributed by atoms with van der Waals surface area (Å²) in [6, 6.07) is 7.17. The van der Waals surface area contributed by atoms with Crippen LogP contribution >= 0.6 is 0 Å². The SMILES string of the molecule is COC(=O)C1=C(C(=O)OC)N(c2cccc(CC(=O)N(C)C)c2)C=CC=C1. The van der Waals surface area contributed by atoms with E-state index in [4.69, 9.17) is 9.47 Å². The monoisotopic (exact) mass is 370 g/mol. The van der Waals surface area contributed by atoms with Gasteiger partial charge in [0, 0.05) is 26.0 Å². The van der Waals surface area contributed by atoms with E-state index in [-0.39, 0.29) is 23.6 Å². The second-order valence-electron chi connectivity index (χ2n) is 5.95. The summed E-state index contributed by atoms with van der Waals surface area (Å²) in [5.41, 5.74) is 1.50. The first-order valence-electron chi connectivity index (χ1n) is 8.23. The number of ether oxygens (including phenoxy) is 2. The van der Waals surface area contributed by atoms with E-state index >= 15 is 0 Å². The summed E-state index contributed by atoms with van der Waals surface area (Å²) in [6.07, 6.45) is 6.68. The Balaban J connectivity index is 2.53. The minimum absolute atomic E-state index is 0.0328. The van der Waals surface area contributed by atoms with Gasteiger partial charge >= 0.3 is 11.9 Å². The predicted molar refractivity (Wildman–Crippen MR) is 101 cm³/mol. The highest BCUT2D eigenvalue weighted by Crippen LogP contribution is 2.27. The van der Waals surface area contributed by atoms with E-state index < -0.39 is 11.9 Å². The lowest BCUT2D eigenvalue weighted by Crippen LogP contribution is -2.27. The molecule has 0 atom stereocenters. The maximum Gasteiger partial charge on any atom is 0.355 e. The fourth-order valence-electron chi connectivity index (χ4n) is 2.51. The average Bonchev–Trinajstić information content (AvgIpc) is 2.89. The largest absolute Gasteiger partial charge is 0.465 e. The van der Waals surface area contributed by atoms with Crippen molar-refractivity contribution in [1.82, 2.24) is 4.90 Å². The molecule has 2 rings (SSSR count). The predicted octanol–water partition coefficient (Wildman–Crippen LogP) is 1.81. The number of carbonyl (C=O) groups is 3. The number of allylic oxidation sites excluding steroid dienone is 2. The highest BCUT2D eigenvalue weighted by atomic mass is 16.5. The van der Waals surface area contributed by atoms with E-state index in [2.05, 4.69) is 0 Å². The van der Waals surface area contributed by atoms with Crippen molar-refractivity contribution in [2.75, 3.05) is 33.2 Å². The lowest BCUT2D eigenvalue weighted by Gasteiger charge is -2.23. The molecule has 1 aliphatic heterocycles. The molecule has 0 spiro atoms. The van der Waals surface area contributed by atoms with Crippen LogP contribution in [0.1, 0.15) is 5.56 Å². The molecule has 0 aromatic heterocycles. The Kier molecular flexibility index (Phi) is 6.54. The molecule has 0 unspecified atom stereocenters. The number of nitrogens with zero attached hydrogens (tertiary/aromatic N) is 2.